The molecular weight excluding hydrogens is 266 g/mol. The van der Waals surface area contributed by atoms with Crippen molar-refractivity contribution in [3.8, 4) is 0 Å². The van der Waals surface area contributed by atoms with E-state index < -0.39 is 0 Å². The van der Waals surface area contributed by atoms with Crippen LogP contribution in [0.25, 0.3) is 0 Å². The van der Waals surface area contributed by atoms with Gasteiger partial charge in [0, 0.05) is 37.9 Å². The van der Waals surface area contributed by atoms with Crippen molar-refractivity contribution < 1.29 is 9.90 Å². The van der Waals surface area contributed by atoms with E-state index in [1.807, 2.05) is 37.2 Å². The lowest BCUT2D eigenvalue weighted by Crippen LogP contribution is -2.33. The Hall–Kier alpha value is -1.69. The van der Waals surface area contributed by atoms with Crippen LogP contribution in [0.2, 0.25) is 0 Å². The van der Waals surface area contributed by atoms with Crippen molar-refractivity contribution in [2.45, 2.75) is 13.1 Å². The van der Waals surface area contributed by atoms with Crippen molar-refractivity contribution in [2.24, 2.45) is 0 Å². The van der Waals surface area contributed by atoms with Crippen LogP contribution < -0.4 is 10.2 Å². The zero-order valence-corrected chi connectivity index (χ0v) is 12.7. The fourth-order valence-electron chi connectivity index (χ4n) is 2.47. The normalized spacial score (nSPS) is 13.9. The molecule has 0 radical (unpaired) electrons. The standard InChI is InChI=1S/C16H23N3O2/c1-18(2)8-4-7-16(21)19(9-10-20)15-6-3-5-13-11-17-12-14(13)15/h3-7,17,20H,8-12H2,1-2H3/b7-4+. The van der Waals surface area contributed by atoms with E-state index in [9.17, 15) is 9.90 Å². The van der Waals surface area contributed by atoms with Crippen LogP contribution in [0.4, 0.5) is 5.69 Å². The highest BCUT2D eigenvalue weighted by Crippen LogP contribution is 2.27. The first kappa shape index (κ1) is 15.7. The molecular formula is C16H23N3O2. The second-order valence-corrected chi connectivity index (χ2v) is 5.40. The number of anilines is 1. The number of hydrogen-bond donors (Lipinski definition) is 2. The number of nitrogens with one attached hydrogen (secondary N) is 1. The molecule has 1 heterocycles. The third kappa shape index (κ3) is 3.91. The molecule has 1 aliphatic heterocycles. The van der Waals surface area contributed by atoms with Crippen LogP contribution in [0.1, 0.15) is 11.1 Å². The molecule has 1 aromatic carbocycles. The number of nitrogens with zero attached hydrogens (tertiary/aromatic N) is 2. The van der Waals surface area contributed by atoms with E-state index in [1.54, 1.807) is 11.0 Å². The maximum Gasteiger partial charge on any atom is 0.250 e. The summed E-state index contributed by atoms with van der Waals surface area (Å²) < 4.78 is 0. The second kappa shape index (κ2) is 7.36. The fraction of sp³-hybridized carbons (Fsp3) is 0.438. The van der Waals surface area contributed by atoms with Gasteiger partial charge in [-0.3, -0.25) is 4.79 Å². The number of aliphatic hydroxyl groups is 1. The zero-order valence-electron chi connectivity index (χ0n) is 12.7. The molecule has 1 amide bonds. The summed E-state index contributed by atoms with van der Waals surface area (Å²) in [7, 11) is 3.91. The van der Waals surface area contributed by atoms with Gasteiger partial charge in [-0.05, 0) is 31.3 Å². The fourth-order valence-corrected chi connectivity index (χ4v) is 2.47. The van der Waals surface area contributed by atoms with Gasteiger partial charge in [-0.1, -0.05) is 18.2 Å². The summed E-state index contributed by atoms with van der Waals surface area (Å²) in [5.41, 5.74) is 3.27. The molecule has 0 saturated carbocycles. The molecule has 0 spiro atoms. The molecule has 0 unspecified atom stereocenters. The average Bonchev–Trinajstić information content (AvgIpc) is 2.92. The monoisotopic (exact) mass is 289 g/mol. The van der Waals surface area contributed by atoms with E-state index in [1.165, 1.54) is 5.56 Å². The number of benzene rings is 1. The van der Waals surface area contributed by atoms with E-state index in [4.69, 9.17) is 0 Å². The van der Waals surface area contributed by atoms with Crippen molar-refractivity contribution >= 4 is 11.6 Å². The Morgan fingerprint density at radius 1 is 1.38 bits per heavy atom. The maximum absolute atomic E-state index is 12.4. The molecule has 114 valence electrons. The molecule has 0 aromatic heterocycles. The van der Waals surface area contributed by atoms with Crippen molar-refractivity contribution in [2.75, 3.05) is 38.7 Å². The van der Waals surface area contributed by atoms with Gasteiger partial charge in [0.2, 0.25) is 0 Å². The number of fused-ring (bicyclic) bond motifs is 1. The van der Waals surface area contributed by atoms with Gasteiger partial charge in [0.15, 0.2) is 0 Å². The largest absolute Gasteiger partial charge is 0.395 e. The Morgan fingerprint density at radius 2 is 2.19 bits per heavy atom. The molecule has 2 rings (SSSR count). The van der Waals surface area contributed by atoms with Crippen LogP contribution in [-0.2, 0) is 17.9 Å². The lowest BCUT2D eigenvalue weighted by Gasteiger charge is -2.23. The molecule has 0 fully saturated rings. The van der Waals surface area contributed by atoms with Gasteiger partial charge in [-0.25, -0.2) is 0 Å². The molecule has 0 atom stereocenters. The minimum absolute atomic E-state index is 0.0512. The predicted octanol–water partition coefficient (Wildman–Crippen LogP) is 0.733. The predicted molar refractivity (Wildman–Crippen MR) is 84.1 cm³/mol. The smallest absolute Gasteiger partial charge is 0.250 e. The molecule has 1 aliphatic rings. The third-order valence-corrected chi connectivity index (χ3v) is 3.48. The quantitative estimate of drug-likeness (QED) is 0.758. The number of aliphatic hydroxyl groups excluding tert-OH is 1. The Morgan fingerprint density at radius 3 is 2.90 bits per heavy atom. The first-order valence-corrected chi connectivity index (χ1v) is 7.18. The number of carbonyl (C=O) groups excluding carboxylic acids is 1. The number of likely N-dealkylation sites (N-methyl/N-ethyl adjacent to an activating group) is 1. The molecule has 21 heavy (non-hydrogen) atoms. The van der Waals surface area contributed by atoms with Gasteiger partial charge in [0.25, 0.3) is 5.91 Å². The van der Waals surface area contributed by atoms with E-state index in [-0.39, 0.29) is 12.5 Å². The van der Waals surface area contributed by atoms with Gasteiger partial charge < -0.3 is 20.2 Å². The Bertz CT molecular complexity index is 526. The molecule has 0 bridgehead atoms. The van der Waals surface area contributed by atoms with E-state index in [0.717, 1.165) is 24.3 Å². The summed E-state index contributed by atoms with van der Waals surface area (Å²) in [6, 6.07) is 5.98. The number of carbonyl (C=O) groups is 1. The molecule has 0 aliphatic carbocycles. The van der Waals surface area contributed by atoms with Gasteiger partial charge >= 0.3 is 0 Å². The summed E-state index contributed by atoms with van der Waals surface area (Å²) in [4.78, 5) is 16.0. The van der Waals surface area contributed by atoms with E-state index in [2.05, 4.69) is 11.4 Å². The summed E-state index contributed by atoms with van der Waals surface area (Å²) in [6.07, 6.45) is 3.42. The average molecular weight is 289 g/mol. The molecule has 5 heteroatoms. The summed E-state index contributed by atoms with van der Waals surface area (Å²) in [6.45, 7) is 2.57. The van der Waals surface area contributed by atoms with Crippen LogP contribution in [0.3, 0.4) is 0 Å². The van der Waals surface area contributed by atoms with Crippen LogP contribution >= 0.6 is 0 Å². The lowest BCUT2D eigenvalue weighted by molar-refractivity contribution is -0.114. The Kier molecular flexibility index (Phi) is 5.50. The first-order chi connectivity index (χ1) is 10.1. The van der Waals surface area contributed by atoms with Gasteiger partial charge in [0.05, 0.1) is 6.61 Å². The third-order valence-electron chi connectivity index (χ3n) is 3.48. The number of rotatable bonds is 6. The topological polar surface area (TPSA) is 55.8 Å². The summed E-state index contributed by atoms with van der Waals surface area (Å²) in [5.74, 6) is -0.0915. The Labute approximate surface area is 125 Å². The first-order valence-electron chi connectivity index (χ1n) is 7.18. The lowest BCUT2D eigenvalue weighted by atomic mass is 10.1. The number of hydrogen-bond acceptors (Lipinski definition) is 4. The van der Waals surface area contributed by atoms with Crippen molar-refractivity contribution in [1.29, 1.82) is 0 Å². The molecule has 0 saturated heterocycles. The minimum atomic E-state index is -0.0915. The molecule has 1 aromatic rings. The van der Waals surface area contributed by atoms with E-state index in [0.29, 0.717) is 13.1 Å². The maximum atomic E-state index is 12.4. The van der Waals surface area contributed by atoms with Gasteiger partial charge in [-0.15, -0.1) is 0 Å². The Balaban J connectivity index is 2.21. The van der Waals surface area contributed by atoms with Crippen LogP contribution in [0.5, 0.6) is 0 Å². The SMILES string of the molecule is CN(C)C/C=C/C(=O)N(CCO)c1cccc2c1CNC2. The molecule has 2 N–H and O–H groups in total. The molecule has 5 nitrogen and oxygen atoms in total. The van der Waals surface area contributed by atoms with Crippen molar-refractivity contribution in [3.05, 3.63) is 41.5 Å². The highest BCUT2D eigenvalue weighted by atomic mass is 16.3. The minimum Gasteiger partial charge on any atom is -0.395 e. The van der Waals surface area contributed by atoms with Crippen LogP contribution in [-0.4, -0.2) is 49.7 Å². The second-order valence-electron chi connectivity index (χ2n) is 5.40. The number of amides is 1. The summed E-state index contributed by atoms with van der Waals surface area (Å²) >= 11 is 0. The van der Waals surface area contributed by atoms with Crippen molar-refractivity contribution in [1.82, 2.24) is 10.2 Å². The summed E-state index contributed by atoms with van der Waals surface area (Å²) in [5, 5.41) is 12.6. The van der Waals surface area contributed by atoms with Crippen molar-refractivity contribution in [3.63, 3.8) is 0 Å². The highest BCUT2D eigenvalue weighted by molar-refractivity contribution is 6.02. The van der Waals surface area contributed by atoms with Gasteiger partial charge in [0.1, 0.15) is 0 Å². The van der Waals surface area contributed by atoms with Crippen LogP contribution in [0, 0.1) is 0 Å². The van der Waals surface area contributed by atoms with Crippen LogP contribution in [0.15, 0.2) is 30.4 Å². The zero-order chi connectivity index (χ0) is 15.2. The highest BCUT2D eigenvalue weighted by Gasteiger charge is 2.20. The van der Waals surface area contributed by atoms with Gasteiger partial charge in [-0.2, -0.15) is 0 Å². The van der Waals surface area contributed by atoms with E-state index >= 15 is 0 Å².